The fraction of sp³-hybridized carbons (Fsp3) is 0.278. The monoisotopic (exact) mass is 310 g/mol. The van der Waals surface area contributed by atoms with E-state index in [2.05, 4.69) is 10.6 Å². The molecule has 0 bridgehead atoms. The maximum Gasteiger partial charge on any atom is 0.141 e. The Bertz CT molecular complexity index is 810. The van der Waals surface area contributed by atoms with Crippen LogP contribution in [0.25, 0.3) is 22.4 Å². The first-order chi connectivity index (χ1) is 11.2. The van der Waals surface area contributed by atoms with Gasteiger partial charge in [0, 0.05) is 12.1 Å². The molecule has 5 heteroatoms. The van der Waals surface area contributed by atoms with Crippen molar-refractivity contribution in [1.29, 1.82) is 0 Å². The number of ether oxygens (including phenoxy) is 1. The minimum Gasteiger partial charge on any atom is -0.495 e. The Morgan fingerprint density at radius 2 is 1.96 bits per heavy atom. The van der Waals surface area contributed by atoms with Gasteiger partial charge in [-0.05, 0) is 49.7 Å². The van der Waals surface area contributed by atoms with Crippen molar-refractivity contribution in [3.8, 4) is 17.1 Å². The molecule has 0 unspecified atom stereocenters. The van der Waals surface area contributed by atoms with Gasteiger partial charge in [0.15, 0.2) is 0 Å². The highest BCUT2D eigenvalue weighted by atomic mass is 16.5. The van der Waals surface area contributed by atoms with E-state index in [4.69, 9.17) is 21.2 Å². The molecule has 0 atom stereocenters. The summed E-state index contributed by atoms with van der Waals surface area (Å²) in [5.74, 6) is 1.61. The number of fused-ring (bicyclic) bond motifs is 1. The van der Waals surface area contributed by atoms with Crippen LogP contribution in [0.4, 0.5) is 5.69 Å². The zero-order chi connectivity index (χ0) is 16.2. The molecule has 0 fully saturated rings. The number of hydrogen-bond donors (Lipinski definition) is 2. The molecule has 2 aromatic carbocycles. The number of para-hydroxylation sites is 2. The zero-order valence-corrected chi connectivity index (χ0v) is 13.3. The topological polar surface area (TPSA) is 79.1 Å². The Morgan fingerprint density at radius 1 is 1.13 bits per heavy atom. The smallest absolute Gasteiger partial charge is 0.141 e. The number of nitrogens with two attached hydrogens (primary N) is 2. The van der Waals surface area contributed by atoms with Crippen molar-refractivity contribution in [3.63, 3.8) is 0 Å². The molecule has 0 aliphatic carbocycles. The summed E-state index contributed by atoms with van der Waals surface area (Å²) in [4.78, 5) is 4.79. The first-order valence-corrected chi connectivity index (χ1v) is 7.84. The Morgan fingerprint density at radius 3 is 2.70 bits per heavy atom. The minimum absolute atomic E-state index is 0.616. The van der Waals surface area contributed by atoms with Gasteiger partial charge in [0.2, 0.25) is 0 Å². The van der Waals surface area contributed by atoms with Gasteiger partial charge in [-0.15, -0.1) is 0 Å². The molecule has 0 aliphatic heterocycles. The van der Waals surface area contributed by atoms with Crippen molar-refractivity contribution >= 4 is 16.7 Å². The average molecular weight is 310 g/mol. The first kappa shape index (κ1) is 15.4. The number of aryl methyl sites for hydroxylation is 1. The van der Waals surface area contributed by atoms with E-state index >= 15 is 0 Å². The predicted octanol–water partition coefficient (Wildman–Crippen LogP) is 3.03. The van der Waals surface area contributed by atoms with E-state index in [0.29, 0.717) is 18.0 Å². The van der Waals surface area contributed by atoms with E-state index in [1.165, 1.54) is 0 Å². The Kier molecular flexibility index (Phi) is 4.48. The molecule has 0 saturated carbocycles. The summed E-state index contributed by atoms with van der Waals surface area (Å²) in [6.07, 6.45) is 2.02. The van der Waals surface area contributed by atoms with Gasteiger partial charge in [-0.2, -0.15) is 0 Å². The van der Waals surface area contributed by atoms with Crippen LogP contribution in [0.1, 0.15) is 12.8 Å². The van der Waals surface area contributed by atoms with Crippen LogP contribution in [0.3, 0.4) is 0 Å². The van der Waals surface area contributed by atoms with Gasteiger partial charge in [0.05, 0.1) is 23.8 Å². The Hall–Kier alpha value is -2.53. The van der Waals surface area contributed by atoms with Gasteiger partial charge in [-0.1, -0.05) is 12.1 Å². The van der Waals surface area contributed by atoms with Crippen molar-refractivity contribution in [2.75, 3.05) is 19.4 Å². The highest BCUT2D eigenvalue weighted by Crippen LogP contribution is 2.30. The Balaban J connectivity index is 2.08. The molecular weight excluding hydrogens is 288 g/mol. The van der Waals surface area contributed by atoms with Crippen molar-refractivity contribution in [2.45, 2.75) is 19.4 Å². The number of anilines is 1. The van der Waals surface area contributed by atoms with Crippen LogP contribution in [-0.2, 0) is 6.54 Å². The molecule has 23 heavy (non-hydrogen) atoms. The lowest BCUT2D eigenvalue weighted by atomic mass is 10.1. The maximum absolute atomic E-state index is 6.06. The van der Waals surface area contributed by atoms with Crippen molar-refractivity contribution in [3.05, 3.63) is 42.5 Å². The summed E-state index contributed by atoms with van der Waals surface area (Å²) in [5, 5.41) is 0. The standard InChI is InChI=1S/C18H22N4O/c1-23-17-9-8-13(12-14(17)20)18-21-15-6-2-3-7-16(15)22(18)11-5-4-10-19/h2-3,6-9,12H,4-5,10-11,19-20H2,1H3. The molecule has 3 rings (SSSR count). The van der Waals surface area contributed by atoms with Gasteiger partial charge in [0.25, 0.3) is 0 Å². The van der Waals surface area contributed by atoms with Gasteiger partial charge in [0.1, 0.15) is 11.6 Å². The quantitative estimate of drug-likeness (QED) is 0.542. The molecule has 1 aromatic heterocycles. The van der Waals surface area contributed by atoms with Crippen LogP contribution in [0.15, 0.2) is 42.5 Å². The molecule has 3 aromatic rings. The second-order valence-corrected chi connectivity index (χ2v) is 5.53. The molecule has 4 N–H and O–H groups in total. The van der Waals surface area contributed by atoms with Crippen LogP contribution in [0.2, 0.25) is 0 Å². The fourth-order valence-electron chi connectivity index (χ4n) is 2.81. The van der Waals surface area contributed by atoms with Crippen LogP contribution >= 0.6 is 0 Å². The lowest BCUT2D eigenvalue weighted by Gasteiger charge is -2.11. The van der Waals surface area contributed by atoms with Crippen LogP contribution < -0.4 is 16.2 Å². The van der Waals surface area contributed by atoms with E-state index < -0.39 is 0 Å². The fourth-order valence-corrected chi connectivity index (χ4v) is 2.81. The summed E-state index contributed by atoms with van der Waals surface area (Å²) in [5.41, 5.74) is 15.4. The number of nitrogen functional groups attached to an aromatic ring is 1. The number of nitrogens with zero attached hydrogens (tertiary/aromatic N) is 2. The van der Waals surface area contributed by atoms with E-state index in [9.17, 15) is 0 Å². The first-order valence-electron chi connectivity index (χ1n) is 7.84. The van der Waals surface area contributed by atoms with Crippen molar-refractivity contribution < 1.29 is 4.74 Å². The van der Waals surface area contributed by atoms with E-state index in [-0.39, 0.29) is 0 Å². The third-order valence-corrected chi connectivity index (χ3v) is 3.98. The molecule has 5 nitrogen and oxygen atoms in total. The number of benzene rings is 2. The lowest BCUT2D eigenvalue weighted by Crippen LogP contribution is -2.05. The maximum atomic E-state index is 6.06. The summed E-state index contributed by atoms with van der Waals surface area (Å²) in [6.45, 7) is 1.59. The van der Waals surface area contributed by atoms with Crippen molar-refractivity contribution in [2.24, 2.45) is 5.73 Å². The number of rotatable bonds is 6. The largest absolute Gasteiger partial charge is 0.495 e. The number of imidazole rings is 1. The summed E-state index contributed by atoms with van der Waals surface area (Å²) in [6, 6.07) is 14.0. The number of methoxy groups -OCH3 is 1. The second kappa shape index (κ2) is 6.71. The minimum atomic E-state index is 0.616. The molecule has 0 spiro atoms. The number of aromatic nitrogens is 2. The predicted molar refractivity (Wildman–Crippen MR) is 94.4 cm³/mol. The zero-order valence-electron chi connectivity index (χ0n) is 13.3. The van der Waals surface area contributed by atoms with Gasteiger partial charge in [-0.3, -0.25) is 0 Å². The summed E-state index contributed by atoms with van der Waals surface area (Å²) < 4.78 is 7.48. The molecule has 120 valence electrons. The van der Waals surface area contributed by atoms with Crippen molar-refractivity contribution in [1.82, 2.24) is 9.55 Å². The van der Waals surface area contributed by atoms with Gasteiger partial charge in [-0.25, -0.2) is 4.98 Å². The van der Waals surface area contributed by atoms with Gasteiger partial charge < -0.3 is 20.8 Å². The molecule has 0 amide bonds. The Labute approximate surface area is 135 Å². The molecule has 0 aliphatic rings. The van der Waals surface area contributed by atoms with E-state index in [0.717, 1.165) is 41.8 Å². The van der Waals surface area contributed by atoms with E-state index in [1.54, 1.807) is 7.11 Å². The normalized spacial score (nSPS) is 11.0. The molecule has 0 saturated heterocycles. The summed E-state index contributed by atoms with van der Waals surface area (Å²) >= 11 is 0. The SMILES string of the molecule is COc1ccc(-c2nc3ccccc3n2CCCCN)cc1N. The number of unbranched alkanes of at least 4 members (excludes halogenated alkanes) is 1. The average Bonchev–Trinajstić information content (AvgIpc) is 2.94. The summed E-state index contributed by atoms with van der Waals surface area (Å²) in [7, 11) is 1.62. The van der Waals surface area contributed by atoms with E-state index in [1.807, 2.05) is 36.4 Å². The van der Waals surface area contributed by atoms with Crippen LogP contribution in [0, 0.1) is 0 Å². The molecular formula is C18H22N4O. The third kappa shape index (κ3) is 3.00. The highest BCUT2D eigenvalue weighted by Gasteiger charge is 2.13. The number of hydrogen-bond acceptors (Lipinski definition) is 4. The highest BCUT2D eigenvalue weighted by molar-refractivity contribution is 5.81. The molecule has 1 heterocycles. The van der Waals surface area contributed by atoms with Crippen LogP contribution in [0.5, 0.6) is 5.75 Å². The molecule has 0 radical (unpaired) electrons. The second-order valence-electron chi connectivity index (χ2n) is 5.53. The van der Waals surface area contributed by atoms with Gasteiger partial charge >= 0.3 is 0 Å². The van der Waals surface area contributed by atoms with Crippen LogP contribution in [-0.4, -0.2) is 23.2 Å². The third-order valence-electron chi connectivity index (χ3n) is 3.98. The lowest BCUT2D eigenvalue weighted by molar-refractivity contribution is 0.417.